The van der Waals surface area contributed by atoms with E-state index in [-0.39, 0.29) is 0 Å². The van der Waals surface area contributed by atoms with Gasteiger partial charge in [0, 0.05) is 37.2 Å². The second-order valence-electron chi connectivity index (χ2n) is 5.90. The summed E-state index contributed by atoms with van der Waals surface area (Å²) >= 11 is 0. The quantitative estimate of drug-likeness (QED) is 0.838. The fourth-order valence-electron chi connectivity index (χ4n) is 3.64. The molecule has 2 atom stereocenters. The summed E-state index contributed by atoms with van der Waals surface area (Å²) in [7, 11) is 0. The van der Waals surface area contributed by atoms with Crippen molar-refractivity contribution in [2.24, 2.45) is 5.92 Å². The van der Waals surface area contributed by atoms with Gasteiger partial charge in [0.15, 0.2) is 0 Å². The van der Waals surface area contributed by atoms with Gasteiger partial charge in [0.25, 0.3) is 0 Å². The van der Waals surface area contributed by atoms with Crippen LogP contribution in [0, 0.1) is 5.92 Å². The van der Waals surface area contributed by atoms with E-state index in [1.54, 1.807) is 0 Å². The van der Waals surface area contributed by atoms with Crippen LogP contribution in [0.5, 0.6) is 0 Å². The standard InChI is InChI=1S/C16H19N3/c1-4-15(18-8-7-17-12-18)5-2-13(1)10-19-11-14-3-6-16(19)9-14/h1-2,4-5,7-8,12,14,16H,3,6,9-11H2. The van der Waals surface area contributed by atoms with Crippen LogP contribution in [0.4, 0.5) is 0 Å². The second-order valence-corrected chi connectivity index (χ2v) is 5.90. The topological polar surface area (TPSA) is 21.1 Å². The molecule has 1 aromatic heterocycles. The number of benzene rings is 1. The number of likely N-dealkylation sites (tertiary alicyclic amines) is 1. The average Bonchev–Trinajstić information content (AvgIpc) is 3.17. The molecule has 2 fully saturated rings. The highest BCUT2D eigenvalue weighted by molar-refractivity contribution is 5.34. The molecule has 0 N–H and O–H groups in total. The lowest BCUT2D eigenvalue weighted by molar-refractivity contribution is 0.205. The highest BCUT2D eigenvalue weighted by atomic mass is 15.2. The molecule has 0 amide bonds. The van der Waals surface area contributed by atoms with E-state index in [2.05, 4.69) is 34.1 Å². The maximum atomic E-state index is 4.08. The summed E-state index contributed by atoms with van der Waals surface area (Å²) in [5.41, 5.74) is 2.61. The molecule has 3 nitrogen and oxygen atoms in total. The number of fused-ring (bicyclic) bond motifs is 2. The smallest absolute Gasteiger partial charge is 0.0991 e. The molecule has 2 unspecified atom stereocenters. The van der Waals surface area contributed by atoms with Crippen LogP contribution in [0.2, 0.25) is 0 Å². The number of hydrogen-bond donors (Lipinski definition) is 0. The van der Waals surface area contributed by atoms with E-state index in [1.165, 1.54) is 37.1 Å². The fraction of sp³-hybridized carbons (Fsp3) is 0.438. The lowest BCUT2D eigenvalue weighted by Crippen LogP contribution is -2.31. The molecule has 1 aromatic carbocycles. The van der Waals surface area contributed by atoms with Gasteiger partial charge in [-0.2, -0.15) is 0 Å². The van der Waals surface area contributed by atoms with Crippen LogP contribution in [0.15, 0.2) is 43.0 Å². The first kappa shape index (κ1) is 11.2. The minimum absolute atomic E-state index is 0.860. The second kappa shape index (κ2) is 4.49. The van der Waals surface area contributed by atoms with Crippen molar-refractivity contribution in [3.8, 4) is 5.69 Å². The summed E-state index contributed by atoms with van der Waals surface area (Å²) in [5.74, 6) is 0.982. The van der Waals surface area contributed by atoms with Crippen molar-refractivity contribution in [1.82, 2.24) is 14.5 Å². The van der Waals surface area contributed by atoms with E-state index >= 15 is 0 Å². The minimum Gasteiger partial charge on any atom is -0.306 e. The first-order chi connectivity index (χ1) is 9.38. The maximum absolute atomic E-state index is 4.08. The summed E-state index contributed by atoms with van der Waals surface area (Å²) in [4.78, 5) is 6.75. The summed E-state index contributed by atoms with van der Waals surface area (Å²) < 4.78 is 2.04. The Hall–Kier alpha value is -1.61. The Morgan fingerprint density at radius 3 is 2.68 bits per heavy atom. The maximum Gasteiger partial charge on any atom is 0.0991 e. The normalized spacial score (nSPS) is 26.1. The molecule has 1 saturated carbocycles. The molecule has 98 valence electrons. The van der Waals surface area contributed by atoms with Crippen molar-refractivity contribution >= 4 is 0 Å². The number of imidazole rings is 1. The molecule has 3 heteroatoms. The van der Waals surface area contributed by atoms with Gasteiger partial charge in [0.2, 0.25) is 0 Å². The Balaban J connectivity index is 1.48. The van der Waals surface area contributed by atoms with E-state index < -0.39 is 0 Å². The van der Waals surface area contributed by atoms with Gasteiger partial charge in [-0.3, -0.25) is 4.90 Å². The summed E-state index contributed by atoms with van der Waals surface area (Å²) in [6.07, 6.45) is 9.95. The van der Waals surface area contributed by atoms with Crippen molar-refractivity contribution in [3.63, 3.8) is 0 Å². The van der Waals surface area contributed by atoms with Crippen molar-refractivity contribution in [3.05, 3.63) is 48.5 Å². The van der Waals surface area contributed by atoms with Crippen molar-refractivity contribution in [2.75, 3.05) is 6.54 Å². The van der Waals surface area contributed by atoms with E-state index in [1.807, 2.05) is 23.3 Å². The van der Waals surface area contributed by atoms with Crippen LogP contribution in [-0.4, -0.2) is 27.0 Å². The predicted molar refractivity (Wildman–Crippen MR) is 75.1 cm³/mol. The van der Waals surface area contributed by atoms with Gasteiger partial charge < -0.3 is 4.57 Å². The van der Waals surface area contributed by atoms with E-state index in [0.717, 1.165) is 18.5 Å². The van der Waals surface area contributed by atoms with Crippen molar-refractivity contribution < 1.29 is 0 Å². The van der Waals surface area contributed by atoms with Crippen molar-refractivity contribution in [2.45, 2.75) is 31.8 Å². The SMILES string of the molecule is c1cn(-c2ccc(CN3CC4CCC3C4)cc2)cn1. The van der Waals surface area contributed by atoms with Crippen LogP contribution >= 0.6 is 0 Å². The lowest BCUT2D eigenvalue weighted by atomic mass is 10.1. The van der Waals surface area contributed by atoms with Gasteiger partial charge in [-0.25, -0.2) is 4.98 Å². The molecule has 4 rings (SSSR count). The summed E-state index contributed by atoms with van der Waals surface area (Å²) in [6.45, 7) is 2.43. The zero-order valence-corrected chi connectivity index (χ0v) is 11.1. The molecule has 0 radical (unpaired) electrons. The highest BCUT2D eigenvalue weighted by Gasteiger charge is 2.37. The van der Waals surface area contributed by atoms with Crippen LogP contribution in [0.3, 0.4) is 0 Å². The molecule has 1 saturated heterocycles. The van der Waals surface area contributed by atoms with Gasteiger partial charge in [-0.15, -0.1) is 0 Å². The molecule has 2 heterocycles. The summed E-state index contributed by atoms with van der Waals surface area (Å²) in [5, 5.41) is 0. The van der Waals surface area contributed by atoms with E-state index in [4.69, 9.17) is 0 Å². The largest absolute Gasteiger partial charge is 0.306 e. The molecule has 0 spiro atoms. The molecular weight excluding hydrogens is 234 g/mol. The van der Waals surface area contributed by atoms with Crippen molar-refractivity contribution in [1.29, 1.82) is 0 Å². The summed E-state index contributed by atoms with van der Waals surface area (Å²) in [6, 6.07) is 9.73. The Labute approximate surface area is 113 Å². The minimum atomic E-state index is 0.860. The van der Waals surface area contributed by atoms with Gasteiger partial charge in [0.05, 0.1) is 6.33 Å². The zero-order valence-electron chi connectivity index (χ0n) is 11.1. The molecule has 1 aliphatic carbocycles. The van der Waals surface area contributed by atoms with E-state index in [0.29, 0.717) is 0 Å². The number of hydrogen-bond acceptors (Lipinski definition) is 2. The van der Waals surface area contributed by atoms with Crippen LogP contribution < -0.4 is 0 Å². The van der Waals surface area contributed by atoms with Gasteiger partial charge in [0.1, 0.15) is 0 Å². The first-order valence-corrected chi connectivity index (χ1v) is 7.20. The molecule has 2 aliphatic rings. The van der Waals surface area contributed by atoms with E-state index in [9.17, 15) is 0 Å². The Morgan fingerprint density at radius 2 is 2.05 bits per heavy atom. The van der Waals surface area contributed by atoms with Crippen LogP contribution in [0.1, 0.15) is 24.8 Å². The molecule has 2 aromatic rings. The van der Waals surface area contributed by atoms with Gasteiger partial charge >= 0.3 is 0 Å². The average molecular weight is 253 g/mol. The molecule has 19 heavy (non-hydrogen) atoms. The first-order valence-electron chi connectivity index (χ1n) is 7.20. The molecular formula is C16H19N3. The van der Waals surface area contributed by atoms with Crippen LogP contribution in [0.25, 0.3) is 5.69 Å². The molecule has 1 aliphatic heterocycles. The number of piperidine rings is 1. The number of rotatable bonds is 3. The van der Waals surface area contributed by atoms with Gasteiger partial charge in [-0.1, -0.05) is 12.1 Å². The third-order valence-corrected chi connectivity index (χ3v) is 4.65. The van der Waals surface area contributed by atoms with Crippen LogP contribution in [-0.2, 0) is 6.54 Å². The van der Waals surface area contributed by atoms with Gasteiger partial charge in [-0.05, 0) is 42.9 Å². The fourth-order valence-corrected chi connectivity index (χ4v) is 3.64. The Kier molecular flexibility index (Phi) is 2.66. The Morgan fingerprint density at radius 1 is 1.16 bits per heavy atom. The molecule has 2 bridgehead atoms. The lowest BCUT2D eigenvalue weighted by Gasteiger charge is -2.26. The third kappa shape index (κ3) is 2.08. The predicted octanol–water partition coefficient (Wildman–Crippen LogP) is 2.86. The zero-order chi connectivity index (χ0) is 12.7. The number of aromatic nitrogens is 2. The third-order valence-electron chi connectivity index (χ3n) is 4.65. The highest BCUT2D eigenvalue weighted by Crippen LogP contribution is 2.38. The monoisotopic (exact) mass is 253 g/mol. The Bertz CT molecular complexity index is 544. The number of nitrogens with zero attached hydrogens (tertiary/aromatic N) is 3.